The van der Waals surface area contributed by atoms with Gasteiger partial charge in [-0.15, -0.1) is 0 Å². The Bertz CT molecular complexity index is 1830. The first-order valence-corrected chi connectivity index (χ1v) is 18.4. The number of anilines is 1. The fourth-order valence-corrected chi connectivity index (χ4v) is 5.66. The molecule has 0 bridgehead atoms. The van der Waals surface area contributed by atoms with Crippen molar-refractivity contribution >= 4 is 58.1 Å². The molecule has 0 aliphatic heterocycles. The summed E-state index contributed by atoms with van der Waals surface area (Å²) in [6.45, 7) is 18.1. The topological polar surface area (TPSA) is 249 Å². The number of carboxylic acid groups (broad SMARTS) is 1. The molecule has 310 valence electrons. The average Bonchev–Trinajstić information content (AvgIpc) is 3.04. The molecule has 2 aromatic rings. The van der Waals surface area contributed by atoms with E-state index >= 15 is 0 Å². The second kappa shape index (κ2) is 20.0. The molecule has 5 amide bonds. The molecule has 0 aliphatic rings. The second-order valence-electron chi connectivity index (χ2n) is 15.8. The molecule has 0 saturated carbocycles. The number of carboxylic acids is 1. The summed E-state index contributed by atoms with van der Waals surface area (Å²) in [5.74, 6) is -6.45. The Hall–Kier alpha value is -5.32. The third-order valence-electron chi connectivity index (χ3n) is 8.36. The monoisotopic (exact) mass is 787 g/mol. The Labute approximate surface area is 326 Å². The normalized spacial score (nSPS) is 14.9. The average molecular weight is 788 g/mol. The number of fused-ring (bicyclic) bond motifs is 1. The molecule has 17 nitrogen and oxygen atoms in total. The Balaban J connectivity index is 2.47. The van der Waals surface area contributed by atoms with E-state index in [1.165, 1.54) is 32.0 Å². The Morgan fingerprint density at radius 2 is 1.41 bits per heavy atom. The van der Waals surface area contributed by atoms with Crippen molar-refractivity contribution in [3.05, 3.63) is 40.2 Å². The highest BCUT2D eigenvalue weighted by Gasteiger charge is 2.37. The third-order valence-corrected chi connectivity index (χ3v) is 8.36. The van der Waals surface area contributed by atoms with Crippen LogP contribution < -0.4 is 32.2 Å². The van der Waals surface area contributed by atoms with E-state index in [1.54, 1.807) is 61.5 Å². The van der Waals surface area contributed by atoms with Crippen LogP contribution in [0.2, 0.25) is 0 Å². The van der Waals surface area contributed by atoms with E-state index in [1.807, 2.05) is 6.92 Å². The van der Waals surface area contributed by atoms with Gasteiger partial charge < -0.3 is 45.6 Å². The van der Waals surface area contributed by atoms with Gasteiger partial charge in [-0.1, -0.05) is 20.3 Å². The van der Waals surface area contributed by atoms with E-state index in [-0.39, 0.29) is 30.0 Å². The minimum absolute atomic E-state index is 0.147. The van der Waals surface area contributed by atoms with Gasteiger partial charge in [0, 0.05) is 36.6 Å². The van der Waals surface area contributed by atoms with Crippen LogP contribution in [0.15, 0.2) is 33.5 Å². The number of hydrogen-bond donors (Lipinski definition) is 6. The molecule has 17 heteroatoms. The molecule has 1 aromatic carbocycles. The minimum atomic E-state index is -1.67. The van der Waals surface area contributed by atoms with Crippen LogP contribution in [0.3, 0.4) is 0 Å². The van der Waals surface area contributed by atoms with Crippen LogP contribution in [0.4, 0.5) is 5.69 Å². The summed E-state index contributed by atoms with van der Waals surface area (Å²) in [5, 5.41) is 23.0. The van der Waals surface area contributed by atoms with Gasteiger partial charge in [0.05, 0.1) is 18.1 Å². The number of aryl methyl sites for hydroxylation is 1. The van der Waals surface area contributed by atoms with Crippen LogP contribution in [0.25, 0.3) is 11.0 Å². The predicted octanol–water partition coefficient (Wildman–Crippen LogP) is 2.85. The highest BCUT2D eigenvalue weighted by molar-refractivity contribution is 6.01. The van der Waals surface area contributed by atoms with E-state index in [0.29, 0.717) is 17.4 Å². The van der Waals surface area contributed by atoms with Gasteiger partial charge in [0.15, 0.2) is 0 Å². The van der Waals surface area contributed by atoms with Gasteiger partial charge in [0.25, 0.3) is 0 Å². The molecule has 56 heavy (non-hydrogen) atoms. The van der Waals surface area contributed by atoms with Gasteiger partial charge in [-0.2, -0.15) is 0 Å². The lowest BCUT2D eigenvalue weighted by molar-refractivity contribution is -0.155. The maximum Gasteiger partial charge on any atom is 0.336 e. The molecule has 2 rings (SSSR count). The van der Waals surface area contributed by atoms with Gasteiger partial charge in [-0.25, -0.2) is 4.79 Å². The number of esters is 1. The van der Waals surface area contributed by atoms with Gasteiger partial charge in [0.1, 0.15) is 35.4 Å². The number of amides is 5. The summed E-state index contributed by atoms with van der Waals surface area (Å²) in [6.07, 6.45) is -2.03. The number of carbonyl (C=O) groups excluding carboxylic acids is 6. The molecule has 1 heterocycles. The van der Waals surface area contributed by atoms with Crippen molar-refractivity contribution < 1.29 is 52.6 Å². The number of rotatable bonds is 18. The first-order chi connectivity index (χ1) is 25.8. The van der Waals surface area contributed by atoms with E-state index in [0.717, 1.165) is 0 Å². The van der Waals surface area contributed by atoms with Crippen molar-refractivity contribution in [3.63, 3.8) is 0 Å². The molecule has 6 atom stereocenters. The lowest BCUT2D eigenvalue weighted by Crippen LogP contribution is -2.61. The molecule has 6 N–H and O–H groups in total. The zero-order valence-electron chi connectivity index (χ0n) is 34.0. The second-order valence-corrected chi connectivity index (χ2v) is 15.8. The number of carbonyl (C=O) groups is 7. The Morgan fingerprint density at radius 1 is 0.804 bits per heavy atom. The lowest BCUT2D eigenvalue weighted by Gasteiger charge is -2.33. The number of hydrogen-bond acceptors (Lipinski definition) is 11. The molecule has 1 aromatic heterocycles. The third kappa shape index (κ3) is 15.4. The van der Waals surface area contributed by atoms with Crippen LogP contribution in [0.1, 0.15) is 100 Å². The van der Waals surface area contributed by atoms with Gasteiger partial charge in [-0.3, -0.25) is 33.6 Å². The SMILES string of the molecule is CC[C@H](C)[C@H](NC(C)=O)C(=O)N[C@@H](CCC(=O)OC(C)(C)C)C(=O)N[C@H](C(=O)N[C@@H](CC(=O)O)C(=O)Nc1ccc2c(C)cc(=O)oc2c1)[C@@H](C)OC(C)(C)C. The number of aliphatic carboxylic acids is 1. The smallest absolute Gasteiger partial charge is 0.336 e. The molecule has 0 aliphatic carbocycles. The fraction of sp³-hybridized carbons (Fsp3) is 0.590. The van der Waals surface area contributed by atoms with Crippen molar-refractivity contribution in [2.45, 2.75) is 143 Å². The van der Waals surface area contributed by atoms with Crippen LogP contribution in [0.5, 0.6) is 0 Å². The molecule has 0 fully saturated rings. The quantitative estimate of drug-likeness (QED) is 0.0943. The van der Waals surface area contributed by atoms with Gasteiger partial charge in [0.2, 0.25) is 29.5 Å². The van der Waals surface area contributed by atoms with E-state index < -0.39 is 95.0 Å². The van der Waals surface area contributed by atoms with Crippen molar-refractivity contribution in [2.75, 3.05) is 5.32 Å². The molecule has 0 spiro atoms. The predicted molar refractivity (Wildman–Crippen MR) is 206 cm³/mol. The lowest BCUT2D eigenvalue weighted by atomic mass is 9.97. The Morgan fingerprint density at radius 3 is 1.96 bits per heavy atom. The fourth-order valence-electron chi connectivity index (χ4n) is 5.66. The van der Waals surface area contributed by atoms with E-state index in [9.17, 15) is 43.5 Å². The first kappa shape index (κ1) is 46.8. The summed E-state index contributed by atoms with van der Waals surface area (Å²) in [5.41, 5.74) is -1.34. The van der Waals surface area contributed by atoms with Crippen LogP contribution >= 0.6 is 0 Å². The zero-order chi connectivity index (χ0) is 42.7. The summed E-state index contributed by atoms with van der Waals surface area (Å²) in [4.78, 5) is 104. The minimum Gasteiger partial charge on any atom is -0.481 e. The maximum atomic E-state index is 14.0. The first-order valence-electron chi connectivity index (χ1n) is 18.4. The highest BCUT2D eigenvalue weighted by atomic mass is 16.6. The Kier molecular flexibility index (Phi) is 16.7. The number of nitrogens with one attached hydrogen (secondary N) is 5. The number of benzene rings is 1. The van der Waals surface area contributed by atoms with Crippen LogP contribution in [-0.2, 0) is 43.0 Å². The zero-order valence-corrected chi connectivity index (χ0v) is 34.0. The van der Waals surface area contributed by atoms with Crippen molar-refractivity contribution in [3.8, 4) is 0 Å². The van der Waals surface area contributed by atoms with Crippen molar-refractivity contribution in [2.24, 2.45) is 5.92 Å². The van der Waals surface area contributed by atoms with Crippen LogP contribution in [-0.4, -0.2) is 88.1 Å². The summed E-state index contributed by atoms with van der Waals surface area (Å²) < 4.78 is 16.6. The van der Waals surface area contributed by atoms with Crippen molar-refractivity contribution in [1.82, 2.24) is 21.3 Å². The standard InChI is InChI=1S/C39H57N5O12/c1-12-20(2)32(40-23(5)45)36(52)42-26(15-16-30(48)56-39(9,10)11)34(50)44-33(22(4)55-38(6,7)8)37(53)43-27(19-29(46)47)35(51)41-24-13-14-25-21(3)17-31(49)54-28(25)18-24/h13-14,17-18,20,22,26-27,32-33H,12,15-16,19H2,1-11H3,(H,40,45)(H,41,51)(H,42,52)(H,43,53)(H,44,50)(H,46,47)/t20-,22+,26-,27-,32-,33-/m0/s1. The van der Waals surface area contributed by atoms with E-state index in [2.05, 4.69) is 26.6 Å². The van der Waals surface area contributed by atoms with Gasteiger partial charge in [-0.05, 0) is 85.4 Å². The largest absolute Gasteiger partial charge is 0.481 e. The van der Waals surface area contributed by atoms with Gasteiger partial charge >= 0.3 is 17.6 Å². The molecular formula is C39H57N5O12. The maximum absolute atomic E-state index is 14.0. The molecule has 0 radical (unpaired) electrons. The summed E-state index contributed by atoms with van der Waals surface area (Å²) >= 11 is 0. The molecule has 0 unspecified atom stereocenters. The van der Waals surface area contributed by atoms with Crippen LogP contribution in [0, 0.1) is 12.8 Å². The molecular weight excluding hydrogens is 730 g/mol. The van der Waals surface area contributed by atoms with Crippen molar-refractivity contribution in [1.29, 1.82) is 0 Å². The summed E-state index contributed by atoms with van der Waals surface area (Å²) in [7, 11) is 0. The summed E-state index contributed by atoms with van der Waals surface area (Å²) in [6, 6.07) is 0.112. The molecule has 0 saturated heterocycles. The number of ether oxygens (including phenoxy) is 2. The van der Waals surface area contributed by atoms with E-state index in [4.69, 9.17) is 13.9 Å². The highest BCUT2D eigenvalue weighted by Crippen LogP contribution is 2.21.